The van der Waals surface area contributed by atoms with Crippen LogP contribution in [-0.2, 0) is 0 Å². The van der Waals surface area contributed by atoms with Gasteiger partial charge in [-0.1, -0.05) is 39.9 Å². The van der Waals surface area contributed by atoms with Crippen molar-refractivity contribution >= 4 is 22.9 Å². The van der Waals surface area contributed by atoms with Crippen LogP contribution in [0.4, 0.5) is 5.69 Å². The Morgan fingerprint density at radius 2 is 1.94 bits per heavy atom. The summed E-state index contributed by atoms with van der Waals surface area (Å²) in [6.45, 7) is 10.0. The van der Waals surface area contributed by atoms with E-state index in [0.717, 1.165) is 12.2 Å². The van der Waals surface area contributed by atoms with E-state index in [2.05, 4.69) is 38.0 Å². The third-order valence-corrected chi connectivity index (χ3v) is 3.48. The lowest BCUT2D eigenvalue weighted by Gasteiger charge is -2.25. The second-order valence-corrected chi connectivity index (χ2v) is 5.77. The molecule has 0 atom stereocenters. The number of pyridine rings is 1. The molecule has 0 aliphatic heterocycles. The molecule has 3 N–H and O–H groups in total. The van der Waals surface area contributed by atoms with Crippen LogP contribution in [0, 0.1) is 17.8 Å². The van der Waals surface area contributed by atoms with Gasteiger partial charge in [0.25, 0.3) is 0 Å². The molecular weight excluding hydrogens is 242 g/mol. The average Bonchev–Trinajstić information content (AvgIpc) is 2.28. The lowest BCUT2D eigenvalue weighted by atomic mass is 9.85. The Balaban J connectivity index is 2.67. The predicted octanol–water partition coefficient (Wildman–Crippen LogP) is 3.06. The summed E-state index contributed by atoms with van der Waals surface area (Å²) < 4.78 is 0. The topological polar surface area (TPSA) is 50.9 Å². The molecule has 0 saturated carbocycles. The van der Waals surface area contributed by atoms with Crippen LogP contribution in [0.2, 0.25) is 0 Å². The molecule has 0 bridgehead atoms. The highest BCUT2D eigenvalue weighted by atomic mass is 32.1. The zero-order valence-corrected chi connectivity index (χ0v) is 12.4. The van der Waals surface area contributed by atoms with E-state index in [0.29, 0.717) is 28.4 Å². The van der Waals surface area contributed by atoms with Crippen molar-refractivity contribution in [2.75, 3.05) is 11.9 Å². The molecular formula is C14H23N3S. The van der Waals surface area contributed by atoms with Crippen molar-refractivity contribution in [3.8, 4) is 0 Å². The molecule has 0 aromatic carbocycles. The molecule has 1 rings (SSSR count). The number of nitrogens with two attached hydrogens (primary N) is 1. The molecule has 1 aromatic heterocycles. The van der Waals surface area contributed by atoms with Gasteiger partial charge in [-0.25, -0.2) is 0 Å². The first-order chi connectivity index (χ1) is 8.41. The number of aromatic nitrogens is 1. The van der Waals surface area contributed by atoms with E-state index in [9.17, 15) is 0 Å². The number of thiocarbonyl (C=S) groups is 1. The van der Waals surface area contributed by atoms with E-state index in [1.807, 2.05) is 12.1 Å². The van der Waals surface area contributed by atoms with Gasteiger partial charge >= 0.3 is 0 Å². The van der Waals surface area contributed by atoms with E-state index in [-0.39, 0.29) is 0 Å². The average molecular weight is 265 g/mol. The normalized spacial score (nSPS) is 11.3. The molecule has 0 unspecified atom stereocenters. The zero-order valence-electron chi connectivity index (χ0n) is 11.6. The molecule has 3 nitrogen and oxygen atoms in total. The Labute approximate surface area is 115 Å². The minimum Gasteiger partial charge on any atom is -0.388 e. The van der Waals surface area contributed by atoms with Gasteiger partial charge in [0.15, 0.2) is 0 Å². The van der Waals surface area contributed by atoms with Crippen molar-refractivity contribution < 1.29 is 0 Å². The monoisotopic (exact) mass is 265 g/mol. The molecule has 0 radical (unpaired) electrons. The molecule has 1 aromatic rings. The van der Waals surface area contributed by atoms with E-state index in [1.54, 1.807) is 6.20 Å². The van der Waals surface area contributed by atoms with Crippen molar-refractivity contribution in [2.24, 2.45) is 23.5 Å². The summed E-state index contributed by atoms with van der Waals surface area (Å²) in [5.41, 5.74) is 7.27. The Morgan fingerprint density at radius 3 is 2.44 bits per heavy atom. The van der Waals surface area contributed by atoms with Gasteiger partial charge in [0.2, 0.25) is 0 Å². The molecule has 0 saturated heterocycles. The molecule has 0 spiro atoms. The number of hydrogen-bond donors (Lipinski definition) is 2. The largest absolute Gasteiger partial charge is 0.388 e. The van der Waals surface area contributed by atoms with E-state index < -0.39 is 0 Å². The second kappa shape index (κ2) is 6.69. The number of anilines is 1. The fourth-order valence-electron chi connectivity index (χ4n) is 2.15. The summed E-state index contributed by atoms with van der Waals surface area (Å²) in [4.78, 5) is 4.47. The first-order valence-corrected chi connectivity index (χ1v) is 6.82. The van der Waals surface area contributed by atoms with Crippen molar-refractivity contribution in [3.05, 3.63) is 24.0 Å². The van der Waals surface area contributed by atoms with Gasteiger partial charge in [0, 0.05) is 18.4 Å². The molecule has 100 valence electrons. The van der Waals surface area contributed by atoms with Gasteiger partial charge in [-0.3, -0.25) is 4.98 Å². The summed E-state index contributed by atoms with van der Waals surface area (Å²) in [6.07, 6.45) is 1.73. The Bertz CT molecular complexity index is 394. The fourth-order valence-corrected chi connectivity index (χ4v) is 2.26. The predicted molar refractivity (Wildman–Crippen MR) is 81.8 cm³/mol. The fraction of sp³-hybridized carbons (Fsp3) is 0.571. The molecule has 18 heavy (non-hydrogen) atoms. The molecule has 0 amide bonds. The first-order valence-electron chi connectivity index (χ1n) is 6.41. The van der Waals surface area contributed by atoms with E-state index in [4.69, 9.17) is 18.0 Å². The Morgan fingerprint density at radius 1 is 1.33 bits per heavy atom. The summed E-state index contributed by atoms with van der Waals surface area (Å²) in [7, 11) is 0. The van der Waals surface area contributed by atoms with Crippen LogP contribution >= 0.6 is 12.2 Å². The highest BCUT2D eigenvalue weighted by molar-refractivity contribution is 7.80. The Kier molecular flexibility index (Phi) is 5.54. The van der Waals surface area contributed by atoms with Crippen LogP contribution in [0.1, 0.15) is 33.4 Å². The van der Waals surface area contributed by atoms with Crippen LogP contribution in [0.5, 0.6) is 0 Å². The van der Waals surface area contributed by atoms with Crippen molar-refractivity contribution in [1.82, 2.24) is 4.98 Å². The van der Waals surface area contributed by atoms with Gasteiger partial charge in [-0.15, -0.1) is 0 Å². The van der Waals surface area contributed by atoms with Crippen LogP contribution in [-0.4, -0.2) is 16.5 Å². The number of nitrogens with one attached hydrogen (secondary N) is 1. The van der Waals surface area contributed by atoms with Crippen molar-refractivity contribution in [3.63, 3.8) is 0 Å². The van der Waals surface area contributed by atoms with Crippen LogP contribution in [0.3, 0.4) is 0 Å². The minimum absolute atomic E-state index is 0.336. The van der Waals surface area contributed by atoms with Gasteiger partial charge in [-0.05, 0) is 29.9 Å². The third-order valence-electron chi connectivity index (χ3n) is 3.27. The van der Waals surface area contributed by atoms with Crippen molar-refractivity contribution in [1.29, 1.82) is 0 Å². The molecule has 0 fully saturated rings. The first kappa shape index (κ1) is 14.9. The quantitative estimate of drug-likeness (QED) is 0.776. The summed E-state index contributed by atoms with van der Waals surface area (Å²) in [5, 5.41) is 3.45. The maximum Gasteiger partial charge on any atom is 0.122 e. The van der Waals surface area contributed by atoms with E-state index >= 15 is 0 Å². The minimum atomic E-state index is 0.336. The summed E-state index contributed by atoms with van der Waals surface area (Å²) in [6, 6.07) is 3.85. The summed E-state index contributed by atoms with van der Waals surface area (Å²) >= 11 is 4.93. The van der Waals surface area contributed by atoms with E-state index in [1.165, 1.54) is 0 Å². The van der Waals surface area contributed by atoms with Crippen LogP contribution in [0.15, 0.2) is 18.3 Å². The smallest absolute Gasteiger partial charge is 0.122 e. The van der Waals surface area contributed by atoms with Crippen LogP contribution < -0.4 is 11.1 Å². The zero-order chi connectivity index (χ0) is 13.7. The van der Waals surface area contributed by atoms with Crippen molar-refractivity contribution in [2.45, 2.75) is 27.7 Å². The number of rotatable bonds is 6. The molecule has 1 heterocycles. The third kappa shape index (κ3) is 4.26. The van der Waals surface area contributed by atoms with Gasteiger partial charge in [0.05, 0.1) is 5.69 Å². The van der Waals surface area contributed by atoms with Gasteiger partial charge in [-0.2, -0.15) is 0 Å². The highest BCUT2D eigenvalue weighted by Gasteiger charge is 2.17. The maximum absolute atomic E-state index is 5.58. The standard InChI is InChI=1S/C14H23N3S/c1-9(2)12(10(3)4)8-17-11-5-6-16-13(7-11)14(15)18/h5-7,9-10,12H,8H2,1-4H3,(H2,15,18)(H,16,17). The second-order valence-electron chi connectivity index (χ2n) is 5.33. The molecule has 0 aliphatic carbocycles. The lowest BCUT2D eigenvalue weighted by molar-refractivity contribution is 0.304. The molecule has 4 heteroatoms. The number of hydrogen-bond acceptors (Lipinski definition) is 3. The van der Waals surface area contributed by atoms with Gasteiger partial charge in [0.1, 0.15) is 4.99 Å². The SMILES string of the molecule is CC(C)C(CNc1ccnc(C(N)=S)c1)C(C)C. The summed E-state index contributed by atoms with van der Waals surface area (Å²) in [5.74, 6) is 1.97. The highest BCUT2D eigenvalue weighted by Crippen LogP contribution is 2.21. The lowest BCUT2D eigenvalue weighted by Crippen LogP contribution is -2.24. The number of nitrogens with zero attached hydrogens (tertiary/aromatic N) is 1. The maximum atomic E-state index is 5.58. The van der Waals surface area contributed by atoms with Crippen LogP contribution in [0.25, 0.3) is 0 Å². The Hall–Kier alpha value is -1.16. The van der Waals surface area contributed by atoms with Gasteiger partial charge < -0.3 is 11.1 Å². The molecule has 0 aliphatic rings.